The summed E-state index contributed by atoms with van der Waals surface area (Å²) in [5, 5.41) is 25.3. The minimum absolute atomic E-state index is 0.0538. The fourth-order valence-corrected chi connectivity index (χ4v) is 2.75. The predicted octanol–water partition coefficient (Wildman–Crippen LogP) is 0.591. The summed E-state index contributed by atoms with van der Waals surface area (Å²) in [6, 6.07) is 9.83. The lowest BCUT2D eigenvalue weighted by Crippen LogP contribution is -2.22. The largest absolute Gasteiger partial charge is 0.242 e. The number of hydrogen-bond acceptors (Lipinski definition) is 6. The molecule has 0 saturated carbocycles. The zero-order chi connectivity index (χ0) is 16.3. The first-order chi connectivity index (χ1) is 10.4. The first-order valence-electron chi connectivity index (χ1n) is 6.15. The summed E-state index contributed by atoms with van der Waals surface area (Å²) in [4.78, 5) is 0.138. The molecule has 9 heteroatoms. The molecule has 0 saturated heterocycles. The summed E-state index contributed by atoms with van der Waals surface area (Å²) in [6.45, 7) is -0.0538. The fourth-order valence-electron chi connectivity index (χ4n) is 1.85. The lowest BCUT2D eigenvalue weighted by molar-refractivity contribution is 0.521. The molecule has 0 amide bonds. The van der Waals surface area contributed by atoms with Gasteiger partial charge in [-0.15, -0.1) is 5.10 Å². The molecule has 0 unspecified atom stereocenters. The van der Waals surface area contributed by atoms with Gasteiger partial charge in [0, 0.05) is 19.7 Å². The molecule has 0 spiro atoms. The van der Waals surface area contributed by atoms with Gasteiger partial charge in [0.15, 0.2) is 5.69 Å². The minimum Gasteiger partial charge on any atom is -0.229 e. The molecule has 112 valence electrons. The maximum atomic E-state index is 12.0. The lowest BCUT2D eigenvalue weighted by atomic mass is 10.1. The highest BCUT2D eigenvalue weighted by molar-refractivity contribution is 7.89. The standard InChI is InChI=1S/C13H12N6O2S/c1-18(2)22(20,21)11-5-3-10(4-6-11)13-12(9-15)16-17-19(13)8-7-14/h3-6H,8H2,1-2H3. The number of sulfonamides is 1. The maximum absolute atomic E-state index is 12.0. The van der Waals surface area contributed by atoms with Gasteiger partial charge in [0.25, 0.3) is 0 Å². The van der Waals surface area contributed by atoms with E-state index in [0.717, 1.165) is 4.31 Å². The van der Waals surface area contributed by atoms with Crippen LogP contribution in [-0.2, 0) is 16.6 Å². The Hall–Kier alpha value is -2.75. The quantitative estimate of drug-likeness (QED) is 0.815. The van der Waals surface area contributed by atoms with Crippen molar-refractivity contribution in [2.24, 2.45) is 0 Å². The van der Waals surface area contributed by atoms with E-state index < -0.39 is 10.0 Å². The van der Waals surface area contributed by atoms with Crippen LogP contribution in [0.15, 0.2) is 29.2 Å². The van der Waals surface area contributed by atoms with Crippen LogP contribution in [0.5, 0.6) is 0 Å². The molecule has 0 aliphatic rings. The molecule has 0 N–H and O–H groups in total. The van der Waals surface area contributed by atoms with Crippen molar-refractivity contribution in [2.45, 2.75) is 11.4 Å². The second-order valence-corrected chi connectivity index (χ2v) is 6.68. The van der Waals surface area contributed by atoms with E-state index in [1.807, 2.05) is 12.1 Å². The average molecular weight is 316 g/mol. The minimum atomic E-state index is -3.52. The van der Waals surface area contributed by atoms with Gasteiger partial charge >= 0.3 is 0 Å². The van der Waals surface area contributed by atoms with E-state index in [1.165, 1.54) is 30.9 Å². The summed E-state index contributed by atoms with van der Waals surface area (Å²) in [5.41, 5.74) is 1.03. The van der Waals surface area contributed by atoms with Crippen LogP contribution in [0.3, 0.4) is 0 Å². The van der Waals surface area contributed by atoms with Crippen LogP contribution in [-0.4, -0.2) is 41.8 Å². The molecular weight excluding hydrogens is 304 g/mol. The SMILES string of the molecule is CN(C)S(=O)(=O)c1ccc(-c2c(C#N)nnn2CC#N)cc1. The Morgan fingerprint density at radius 1 is 1.23 bits per heavy atom. The third-order valence-corrected chi connectivity index (χ3v) is 4.80. The Bertz CT molecular complexity index is 869. The van der Waals surface area contributed by atoms with E-state index in [2.05, 4.69) is 10.3 Å². The van der Waals surface area contributed by atoms with Gasteiger partial charge in [0.05, 0.1) is 11.0 Å². The van der Waals surface area contributed by atoms with Crippen LogP contribution in [0.25, 0.3) is 11.3 Å². The van der Waals surface area contributed by atoms with E-state index in [9.17, 15) is 8.42 Å². The molecule has 0 bridgehead atoms. The van der Waals surface area contributed by atoms with E-state index >= 15 is 0 Å². The van der Waals surface area contributed by atoms with Crippen molar-refractivity contribution >= 4 is 10.0 Å². The Balaban J connectivity index is 2.51. The van der Waals surface area contributed by atoms with Gasteiger partial charge in [-0.2, -0.15) is 10.5 Å². The molecule has 0 aliphatic carbocycles. The van der Waals surface area contributed by atoms with Crippen LogP contribution < -0.4 is 0 Å². The number of hydrogen-bond donors (Lipinski definition) is 0. The van der Waals surface area contributed by atoms with Crippen LogP contribution in [0, 0.1) is 22.7 Å². The zero-order valence-electron chi connectivity index (χ0n) is 11.9. The van der Waals surface area contributed by atoms with Crippen molar-refractivity contribution in [2.75, 3.05) is 14.1 Å². The predicted molar refractivity (Wildman–Crippen MR) is 76.7 cm³/mol. The van der Waals surface area contributed by atoms with Gasteiger partial charge in [-0.3, -0.25) is 0 Å². The van der Waals surface area contributed by atoms with Crippen molar-refractivity contribution in [3.8, 4) is 23.4 Å². The van der Waals surface area contributed by atoms with Gasteiger partial charge in [0.1, 0.15) is 18.3 Å². The van der Waals surface area contributed by atoms with Crippen LogP contribution in [0.4, 0.5) is 0 Å². The molecule has 1 aromatic heterocycles. The smallest absolute Gasteiger partial charge is 0.229 e. The molecule has 0 radical (unpaired) electrons. The highest BCUT2D eigenvalue weighted by Crippen LogP contribution is 2.24. The second kappa shape index (κ2) is 5.93. The molecule has 0 fully saturated rings. The normalized spacial score (nSPS) is 11.1. The Morgan fingerprint density at radius 3 is 2.36 bits per heavy atom. The Kier molecular flexibility index (Phi) is 4.22. The summed E-state index contributed by atoms with van der Waals surface area (Å²) >= 11 is 0. The molecule has 0 atom stereocenters. The third-order valence-electron chi connectivity index (χ3n) is 2.97. The van der Waals surface area contributed by atoms with E-state index in [1.54, 1.807) is 12.1 Å². The van der Waals surface area contributed by atoms with Gasteiger partial charge < -0.3 is 0 Å². The van der Waals surface area contributed by atoms with Crippen molar-refractivity contribution in [1.29, 1.82) is 10.5 Å². The van der Waals surface area contributed by atoms with Gasteiger partial charge in [-0.25, -0.2) is 17.4 Å². The van der Waals surface area contributed by atoms with E-state index in [-0.39, 0.29) is 17.1 Å². The summed E-state index contributed by atoms with van der Waals surface area (Å²) < 4.78 is 26.5. The highest BCUT2D eigenvalue weighted by atomic mass is 32.2. The van der Waals surface area contributed by atoms with Crippen molar-refractivity contribution in [3.63, 3.8) is 0 Å². The summed E-state index contributed by atoms with van der Waals surface area (Å²) in [7, 11) is -0.626. The zero-order valence-corrected chi connectivity index (χ0v) is 12.7. The van der Waals surface area contributed by atoms with Gasteiger partial charge in [-0.05, 0) is 12.1 Å². The van der Waals surface area contributed by atoms with Crippen LogP contribution >= 0.6 is 0 Å². The van der Waals surface area contributed by atoms with Crippen molar-refractivity contribution in [3.05, 3.63) is 30.0 Å². The van der Waals surface area contributed by atoms with E-state index in [4.69, 9.17) is 10.5 Å². The number of aromatic nitrogens is 3. The second-order valence-electron chi connectivity index (χ2n) is 4.53. The molecule has 8 nitrogen and oxygen atoms in total. The topological polar surface area (TPSA) is 116 Å². The molecule has 0 aliphatic heterocycles. The third kappa shape index (κ3) is 2.68. The molecule has 22 heavy (non-hydrogen) atoms. The lowest BCUT2D eigenvalue weighted by Gasteiger charge is -2.11. The Morgan fingerprint density at radius 2 is 1.86 bits per heavy atom. The van der Waals surface area contributed by atoms with Crippen molar-refractivity contribution < 1.29 is 8.42 Å². The number of benzene rings is 1. The van der Waals surface area contributed by atoms with Crippen LogP contribution in [0.2, 0.25) is 0 Å². The highest BCUT2D eigenvalue weighted by Gasteiger charge is 2.19. The maximum Gasteiger partial charge on any atom is 0.242 e. The molecule has 1 aromatic carbocycles. The molecule has 2 aromatic rings. The molecular formula is C13H12N6O2S. The van der Waals surface area contributed by atoms with Gasteiger partial charge in [-0.1, -0.05) is 17.3 Å². The first-order valence-corrected chi connectivity index (χ1v) is 7.59. The number of rotatable bonds is 4. The van der Waals surface area contributed by atoms with Crippen molar-refractivity contribution in [1.82, 2.24) is 19.3 Å². The first kappa shape index (κ1) is 15.6. The summed E-state index contributed by atoms with van der Waals surface area (Å²) in [5.74, 6) is 0. The number of nitrogens with zero attached hydrogens (tertiary/aromatic N) is 6. The molecule has 1 heterocycles. The Labute approximate surface area is 127 Å². The average Bonchev–Trinajstić information content (AvgIpc) is 2.90. The number of nitriles is 2. The van der Waals surface area contributed by atoms with Crippen LogP contribution in [0.1, 0.15) is 5.69 Å². The van der Waals surface area contributed by atoms with Gasteiger partial charge in [0.2, 0.25) is 10.0 Å². The monoisotopic (exact) mass is 316 g/mol. The summed E-state index contributed by atoms with van der Waals surface area (Å²) in [6.07, 6.45) is 0. The fraction of sp³-hybridized carbons (Fsp3) is 0.231. The molecule has 2 rings (SSSR count). The van der Waals surface area contributed by atoms with E-state index in [0.29, 0.717) is 11.3 Å².